The summed E-state index contributed by atoms with van der Waals surface area (Å²) < 4.78 is 18.6. The van der Waals surface area contributed by atoms with E-state index in [0.717, 1.165) is 12.8 Å². The summed E-state index contributed by atoms with van der Waals surface area (Å²) in [5, 5.41) is 15.5. The van der Waals surface area contributed by atoms with Gasteiger partial charge in [0.2, 0.25) is 0 Å². The summed E-state index contributed by atoms with van der Waals surface area (Å²) in [6.45, 7) is 4.09. The number of halogens is 1. The molecule has 6 heteroatoms. The quantitative estimate of drug-likeness (QED) is 0.690. The molecule has 5 nitrogen and oxygen atoms in total. The lowest BCUT2D eigenvalue weighted by atomic mass is 9.93. The van der Waals surface area contributed by atoms with Gasteiger partial charge in [0.05, 0.1) is 18.4 Å². The highest BCUT2D eigenvalue weighted by Gasteiger charge is 2.25. The summed E-state index contributed by atoms with van der Waals surface area (Å²) in [4.78, 5) is 11.9. The lowest BCUT2D eigenvalue weighted by Gasteiger charge is -2.27. The topological polar surface area (TPSA) is 70.6 Å². The Morgan fingerprint density at radius 1 is 1.32 bits per heavy atom. The summed E-state index contributed by atoms with van der Waals surface area (Å²) in [5.41, 5.74) is -0.889. The fourth-order valence-corrected chi connectivity index (χ4v) is 2.37. The third kappa shape index (κ3) is 5.52. The minimum Gasteiger partial charge on any atom is -0.497 e. The Hall–Kier alpha value is -1.82. The van der Waals surface area contributed by atoms with E-state index in [-0.39, 0.29) is 12.2 Å². The Labute approximate surface area is 130 Å². The Bertz CT molecular complexity index is 488. The predicted octanol–water partition coefficient (Wildman–Crippen LogP) is 3.29. The van der Waals surface area contributed by atoms with Crippen molar-refractivity contribution in [3.8, 4) is 5.75 Å². The van der Waals surface area contributed by atoms with E-state index in [4.69, 9.17) is 4.74 Å². The summed E-state index contributed by atoms with van der Waals surface area (Å²) in [5.74, 6) is -0.0986. The fraction of sp³-hybridized carbons (Fsp3) is 0.562. The first kappa shape index (κ1) is 18.2. The summed E-state index contributed by atoms with van der Waals surface area (Å²) in [6.07, 6.45) is 2.86. The summed E-state index contributed by atoms with van der Waals surface area (Å²) in [7, 11) is 1.46. The molecule has 0 saturated heterocycles. The SMILES string of the molecule is CCCC(O)(CCC)CNC(=O)Nc1cc(OC)ccc1F. The summed E-state index contributed by atoms with van der Waals surface area (Å²) in [6, 6.07) is 3.54. The van der Waals surface area contributed by atoms with Crippen LogP contribution in [-0.4, -0.2) is 30.4 Å². The Morgan fingerprint density at radius 3 is 2.50 bits per heavy atom. The molecule has 1 aromatic carbocycles. The van der Waals surface area contributed by atoms with Gasteiger partial charge in [0.25, 0.3) is 0 Å². The molecule has 0 unspecified atom stereocenters. The molecule has 0 bridgehead atoms. The van der Waals surface area contributed by atoms with E-state index in [1.165, 1.54) is 25.3 Å². The number of ether oxygens (including phenoxy) is 1. The molecular weight excluding hydrogens is 287 g/mol. The molecule has 22 heavy (non-hydrogen) atoms. The molecule has 0 atom stereocenters. The third-order valence-electron chi connectivity index (χ3n) is 3.43. The largest absolute Gasteiger partial charge is 0.497 e. The van der Waals surface area contributed by atoms with Gasteiger partial charge in [-0.15, -0.1) is 0 Å². The molecule has 2 amide bonds. The lowest BCUT2D eigenvalue weighted by Crippen LogP contribution is -2.44. The third-order valence-corrected chi connectivity index (χ3v) is 3.43. The molecule has 124 valence electrons. The molecule has 0 aliphatic carbocycles. The van der Waals surface area contributed by atoms with E-state index < -0.39 is 17.4 Å². The smallest absolute Gasteiger partial charge is 0.319 e. The molecule has 1 aromatic rings. The van der Waals surface area contributed by atoms with Crippen LogP contribution in [0.15, 0.2) is 18.2 Å². The van der Waals surface area contributed by atoms with Crippen LogP contribution >= 0.6 is 0 Å². The van der Waals surface area contributed by atoms with E-state index in [1.807, 2.05) is 13.8 Å². The number of hydrogen-bond donors (Lipinski definition) is 3. The minimum absolute atomic E-state index is 0.0337. The van der Waals surface area contributed by atoms with Crippen molar-refractivity contribution in [3.63, 3.8) is 0 Å². The maximum Gasteiger partial charge on any atom is 0.319 e. The van der Waals surface area contributed by atoms with E-state index in [0.29, 0.717) is 18.6 Å². The number of nitrogens with one attached hydrogen (secondary N) is 2. The molecule has 0 aliphatic heterocycles. The highest BCUT2D eigenvalue weighted by atomic mass is 19.1. The lowest BCUT2D eigenvalue weighted by molar-refractivity contribution is 0.0245. The van der Waals surface area contributed by atoms with Crippen molar-refractivity contribution < 1.29 is 19.0 Å². The predicted molar refractivity (Wildman–Crippen MR) is 84.7 cm³/mol. The number of anilines is 1. The highest BCUT2D eigenvalue weighted by molar-refractivity contribution is 5.89. The van der Waals surface area contributed by atoms with Crippen LogP contribution in [0.25, 0.3) is 0 Å². The molecule has 0 heterocycles. The van der Waals surface area contributed by atoms with Gasteiger partial charge in [-0.3, -0.25) is 0 Å². The maximum absolute atomic E-state index is 13.6. The number of carbonyl (C=O) groups excluding carboxylic acids is 1. The van der Waals surface area contributed by atoms with E-state index in [2.05, 4.69) is 10.6 Å². The van der Waals surface area contributed by atoms with E-state index in [9.17, 15) is 14.3 Å². The minimum atomic E-state index is -0.923. The van der Waals surface area contributed by atoms with Crippen LogP contribution in [-0.2, 0) is 0 Å². The van der Waals surface area contributed by atoms with Gasteiger partial charge in [-0.05, 0) is 25.0 Å². The second kappa shape index (κ2) is 8.58. The Balaban J connectivity index is 2.62. The van der Waals surface area contributed by atoms with Gasteiger partial charge in [-0.25, -0.2) is 9.18 Å². The normalized spacial score (nSPS) is 11.1. The van der Waals surface area contributed by atoms with Gasteiger partial charge < -0.3 is 20.5 Å². The van der Waals surface area contributed by atoms with Crippen LogP contribution in [0.4, 0.5) is 14.9 Å². The van der Waals surface area contributed by atoms with Crippen LogP contribution in [0, 0.1) is 5.82 Å². The average Bonchev–Trinajstić information content (AvgIpc) is 2.48. The standard InChI is InChI=1S/C16H25FN2O3/c1-4-8-16(21,9-5-2)11-18-15(20)19-14-10-12(22-3)6-7-13(14)17/h6-7,10,21H,4-5,8-9,11H2,1-3H3,(H2,18,19,20). The first-order chi connectivity index (χ1) is 10.4. The molecular formula is C16H25FN2O3. The zero-order valence-corrected chi connectivity index (χ0v) is 13.4. The number of amides is 2. The van der Waals surface area contributed by atoms with Gasteiger partial charge in [0, 0.05) is 12.6 Å². The number of rotatable bonds is 8. The second-order valence-corrected chi connectivity index (χ2v) is 5.38. The maximum atomic E-state index is 13.6. The molecule has 3 N–H and O–H groups in total. The van der Waals surface area contributed by atoms with Crippen molar-refractivity contribution in [1.82, 2.24) is 5.32 Å². The number of hydrogen-bond acceptors (Lipinski definition) is 3. The van der Waals surface area contributed by atoms with Gasteiger partial charge in [-0.2, -0.15) is 0 Å². The Morgan fingerprint density at radius 2 is 1.95 bits per heavy atom. The van der Waals surface area contributed by atoms with Crippen LogP contribution < -0.4 is 15.4 Å². The number of aliphatic hydroxyl groups is 1. The molecule has 0 aliphatic rings. The molecule has 1 rings (SSSR count). The molecule has 0 saturated carbocycles. The number of urea groups is 1. The summed E-state index contributed by atoms with van der Waals surface area (Å²) >= 11 is 0. The van der Waals surface area contributed by atoms with Gasteiger partial charge >= 0.3 is 6.03 Å². The van der Waals surface area contributed by atoms with E-state index in [1.54, 1.807) is 0 Å². The monoisotopic (exact) mass is 312 g/mol. The first-order valence-electron chi connectivity index (χ1n) is 7.55. The van der Waals surface area contributed by atoms with Crippen LogP contribution in [0.1, 0.15) is 39.5 Å². The van der Waals surface area contributed by atoms with Crippen LogP contribution in [0.2, 0.25) is 0 Å². The van der Waals surface area contributed by atoms with Crippen molar-refractivity contribution >= 4 is 11.7 Å². The highest BCUT2D eigenvalue weighted by Crippen LogP contribution is 2.21. The van der Waals surface area contributed by atoms with Crippen LogP contribution in [0.3, 0.4) is 0 Å². The van der Waals surface area contributed by atoms with Gasteiger partial charge in [0.15, 0.2) is 0 Å². The number of carbonyl (C=O) groups is 1. The first-order valence-corrected chi connectivity index (χ1v) is 7.55. The van der Waals surface area contributed by atoms with Crippen LogP contribution in [0.5, 0.6) is 5.75 Å². The fourth-order valence-electron chi connectivity index (χ4n) is 2.37. The molecule has 0 aromatic heterocycles. The van der Waals surface area contributed by atoms with Gasteiger partial charge in [-0.1, -0.05) is 26.7 Å². The number of benzene rings is 1. The van der Waals surface area contributed by atoms with Crippen molar-refractivity contribution in [2.24, 2.45) is 0 Å². The average molecular weight is 312 g/mol. The molecule has 0 fully saturated rings. The number of methoxy groups -OCH3 is 1. The van der Waals surface area contributed by atoms with Crippen molar-refractivity contribution in [2.75, 3.05) is 19.0 Å². The second-order valence-electron chi connectivity index (χ2n) is 5.38. The molecule has 0 radical (unpaired) electrons. The van der Waals surface area contributed by atoms with Crippen molar-refractivity contribution in [2.45, 2.75) is 45.1 Å². The zero-order chi connectivity index (χ0) is 16.6. The van der Waals surface area contributed by atoms with Crippen molar-refractivity contribution in [1.29, 1.82) is 0 Å². The molecule has 0 spiro atoms. The van der Waals surface area contributed by atoms with Crippen molar-refractivity contribution in [3.05, 3.63) is 24.0 Å². The van der Waals surface area contributed by atoms with Gasteiger partial charge in [0.1, 0.15) is 11.6 Å². The van der Waals surface area contributed by atoms with E-state index >= 15 is 0 Å². The Kier molecular flexibility index (Phi) is 7.11. The zero-order valence-electron chi connectivity index (χ0n) is 13.4.